The van der Waals surface area contributed by atoms with Gasteiger partial charge in [-0.2, -0.15) is 0 Å². The third kappa shape index (κ3) is 2.31. The zero-order chi connectivity index (χ0) is 17.0. The summed E-state index contributed by atoms with van der Waals surface area (Å²) in [4.78, 5) is 4.89. The predicted octanol–water partition coefficient (Wildman–Crippen LogP) is 1.73. The Morgan fingerprint density at radius 1 is 0.680 bits per heavy atom. The van der Waals surface area contributed by atoms with Gasteiger partial charge >= 0.3 is 166 Å². The van der Waals surface area contributed by atoms with E-state index in [1.54, 1.807) is 0 Å². The van der Waals surface area contributed by atoms with Crippen LogP contribution in [-0.4, -0.2) is 68.5 Å². The van der Waals surface area contributed by atoms with Crippen LogP contribution in [0.15, 0.2) is 60.7 Å². The van der Waals surface area contributed by atoms with E-state index in [-0.39, 0.29) is 10.9 Å². The van der Waals surface area contributed by atoms with E-state index in [0.29, 0.717) is 0 Å². The number of nitrogens with zero attached hydrogens (tertiary/aromatic N) is 4. The minimum absolute atomic E-state index is 0.216. The second kappa shape index (κ2) is 6.11. The van der Waals surface area contributed by atoms with Crippen molar-refractivity contribution < 1.29 is 0 Å². The van der Waals surface area contributed by atoms with E-state index in [0.717, 1.165) is 19.5 Å². The molecule has 0 N–H and O–H groups in total. The van der Waals surface area contributed by atoms with E-state index in [4.69, 9.17) is 0 Å². The van der Waals surface area contributed by atoms with Gasteiger partial charge < -0.3 is 0 Å². The molecule has 126 valence electrons. The van der Waals surface area contributed by atoms with Crippen LogP contribution in [0.4, 0.5) is 11.4 Å². The Bertz CT molecular complexity index is 828. The molecule has 25 heavy (non-hydrogen) atoms. The van der Waals surface area contributed by atoms with Gasteiger partial charge in [0.15, 0.2) is 0 Å². The standard InChI is InChI=1S/C18H16N4SSe2/c24-17-19-12-7-13-20-16(19)23(21(17)14-8-3-1-4-9-14)22(18(20)25)15-10-5-2-6-11-15/h1-6,8-11H,7,12-13H2. The van der Waals surface area contributed by atoms with Crippen molar-refractivity contribution in [2.45, 2.75) is 6.42 Å². The van der Waals surface area contributed by atoms with Crippen LogP contribution in [0.2, 0.25) is 0 Å². The second-order valence-electron chi connectivity index (χ2n) is 6.03. The minimum atomic E-state index is -0.216. The van der Waals surface area contributed by atoms with E-state index in [9.17, 15) is 0 Å². The maximum absolute atomic E-state index is 3.34. The molecule has 3 aliphatic heterocycles. The van der Waals surface area contributed by atoms with E-state index in [1.165, 1.54) is 25.8 Å². The molecule has 3 aliphatic rings. The number of benzene rings is 2. The summed E-state index contributed by atoms with van der Waals surface area (Å²) in [6.45, 7) is 2.13. The second-order valence-corrected chi connectivity index (χ2v) is 9.18. The van der Waals surface area contributed by atoms with Crippen LogP contribution in [0.3, 0.4) is 0 Å². The van der Waals surface area contributed by atoms with Crippen LogP contribution >= 0.6 is 10.9 Å². The molecule has 0 aromatic heterocycles. The SMILES string of the molecule is [Se]=C1N2CCCN3C(=[Se])N(c4ccccc4)S(=C23)N1c1ccccc1. The molecule has 0 spiro atoms. The van der Waals surface area contributed by atoms with E-state index < -0.39 is 0 Å². The summed E-state index contributed by atoms with van der Waals surface area (Å²) in [6.07, 6.45) is 1.16. The molecule has 0 atom stereocenters. The van der Waals surface area contributed by atoms with Crippen LogP contribution in [0, 0.1) is 0 Å². The summed E-state index contributed by atoms with van der Waals surface area (Å²) in [5, 5.41) is 1.38. The van der Waals surface area contributed by atoms with Crippen LogP contribution in [0.5, 0.6) is 0 Å². The molecule has 0 aliphatic carbocycles. The van der Waals surface area contributed by atoms with E-state index in [2.05, 4.69) is 110 Å². The first kappa shape index (κ1) is 15.9. The maximum atomic E-state index is 3.34. The van der Waals surface area contributed by atoms with Crippen molar-refractivity contribution in [2.75, 3.05) is 21.7 Å². The molecule has 0 saturated carbocycles. The van der Waals surface area contributed by atoms with Crippen molar-refractivity contribution in [3.63, 3.8) is 0 Å². The first-order valence-corrected chi connectivity index (χ1v) is 11.1. The molecule has 3 heterocycles. The van der Waals surface area contributed by atoms with Crippen molar-refractivity contribution in [2.24, 2.45) is 0 Å². The Morgan fingerprint density at radius 2 is 1.12 bits per heavy atom. The van der Waals surface area contributed by atoms with Gasteiger partial charge in [-0.25, -0.2) is 0 Å². The molecular weight excluding hydrogens is 462 g/mol. The number of hydrogen-bond acceptors (Lipinski definition) is 4. The quantitative estimate of drug-likeness (QED) is 0.482. The van der Waals surface area contributed by atoms with Crippen LogP contribution in [0.1, 0.15) is 6.42 Å². The molecule has 1 saturated heterocycles. The van der Waals surface area contributed by atoms with Crippen molar-refractivity contribution in [3.8, 4) is 0 Å². The zero-order valence-corrected chi connectivity index (χ0v) is 17.7. The predicted molar refractivity (Wildman–Crippen MR) is 110 cm³/mol. The van der Waals surface area contributed by atoms with Crippen molar-refractivity contribution in [1.82, 2.24) is 9.80 Å². The van der Waals surface area contributed by atoms with E-state index >= 15 is 0 Å². The van der Waals surface area contributed by atoms with Crippen molar-refractivity contribution >= 4 is 67.8 Å². The molecule has 0 unspecified atom stereocenters. The molecule has 5 rings (SSSR count). The molecule has 0 bridgehead atoms. The third-order valence-corrected chi connectivity index (χ3v) is 8.96. The van der Waals surface area contributed by atoms with Gasteiger partial charge in [-0.05, 0) is 0 Å². The molecule has 0 amide bonds. The summed E-state index contributed by atoms with van der Waals surface area (Å²) in [7, 11) is -0.216. The number of para-hydroxylation sites is 2. The van der Waals surface area contributed by atoms with Gasteiger partial charge in [0.25, 0.3) is 0 Å². The van der Waals surface area contributed by atoms with Gasteiger partial charge in [0.2, 0.25) is 0 Å². The number of rotatable bonds is 2. The fourth-order valence-corrected chi connectivity index (χ4v) is 8.15. The molecule has 7 heteroatoms. The Morgan fingerprint density at radius 3 is 1.56 bits per heavy atom. The fourth-order valence-electron chi connectivity index (χ4n) is 3.44. The van der Waals surface area contributed by atoms with E-state index in [1.807, 2.05) is 0 Å². The zero-order valence-electron chi connectivity index (χ0n) is 13.4. The number of anilines is 2. The molecule has 2 aromatic carbocycles. The van der Waals surface area contributed by atoms with Gasteiger partial charge in [-0.1, -0.05) is 0 Å². The normalized spacial score (nSPS) is 19.9. The van der Waals surface area contributed by atoms with Gasteiger partial charge in [-0.3, -0.25) is 0 Å². The monoisotopic (exact) mass is 480 g/mol. The molecular formula is C18H16N4SSe2. The Hall–Kier alpha value is -1.36. The van der Waals surface area contributed by atoms with Gasteiger partial charge in [-0.15, -0.1) is 0 Å². The molecule has 2 aromatic rings. The van der Waals surface area contributed by atoms with Crippen molar-refractivity contribution in [1.29, 1.82) is 0 Å². The Labute approximate surface area is 165 Å². The average molecular weight is 478 g/mol. The van der Waals surface area contributed by atoms with Crippen LogP contribution in [-0.2, 0) is 0 Å². The first-order valence-electron chi connectivity index (χ1n) is 8.22. The summed E-state index contributed by atoms with van der Waals surface area (Å²) in [5.74, 6) is 0. The summed E-state index contributed by atoms with van der Waals surface area (Å²) < 4.78 is 7.26. The summed E-state index contributed by atoms with van der Waals surface area (Å²) in [5.41, 5.74) is 2.44. The number of hydrogen-bond donors (Lipinski definition) is 0. The Kier molecular flexibility index (Phi) is 3.88. The third-order valence-electron chi connectivity index (χ3n) is 4.53. The Balaban J connectivity index is 1.71. The fraction of sp³-hybridized carbons (Fsp3) is 0.167. The summed E-state index contributed by atoms with van der Waals surface area (Å²) >= 11 is 6.68. The first-order chi connectivity index (χ1) is 12.3. The molecule has 0 radical (unpaired) electrons. The summed E-state index contributed by atoms with van der Waals surface area (Å²) in [6, 6.07) is 21.3. The topological polar surface area (TPSA) is 13.0 Å². The van der Waals surface area contributed by atoms with Gasteiger partial charge in [0, 0.05) is 0 Å². The van der Waals surface area contributed by atoms with Gasteiger partial charge in [0.1, 0.15) is 0 Å². The average Bonchev–Trinajstić information content (AvgIpc) is 3.12. The van der Waals surface area contributed by atoms with Crippen molar-refractivity contribution in [3.05, 3.63) is 60.7 Å². The molecule has 1 fully saturated rings. The van der Waals surface area contributed by atoms with Crippen LogP contribution < -0.4 is 8.61 Å². The van der Waals surface area contributed by atoms with Gasteiger partial charge in [0.05, 0.1) is 0 Å². The van der Waals surface area contributed by atoms with Crippen LogP contribution in [0.25, 0.3) is 0 Å². The molecule has 4 nitrogen and oxygen atoms in total.